The number of ether oxygens (including phenoxy) is 1. The van der Waals surface area contributed by atoms with Crippen LogP contribution in [0.15, 0.2) is 17.1 Å². The zero-order valence-electron chi connectivity index (χ0n) is 11.9. The van der Waals surface area contributed by atoms with E-state index in [0.717, 1.165) is 24.8 Å². The normalized spacial score (nSPS) is 24.1. The molecule has 1 aliphatic carbocycles. The molecule has 0 saturated heterocycles. The minimum absolute atomic E-state index is 0.000139. The molecule has 0 aromatic rings. The van der Waals surface area contributed by atoms with Crippen molar-refractivity contribution in [3.05, 3.63) is 12.2 Å². The molecule has 0 heterocycles. The van der Waals surface area contributed by atoms with Crippen molar-refractivity contribution >= 4 is 12.0 Å². The van der Waals surface area contributed by atoms with E-state index >= 15 is 0 Å². The van der Waals surface area contributed by atoms with Crippen LogP contribution in [0.25, 0.3) is 0 Å². The van der Waals surface area contributed by atoms with Gasteiger partial charge in [-0.25, -0.2) is 0 Å². The SMILES string of the molecule is COC(C(=NC(C)C=O)C1C=CCCC1)C(C)C. The molecule has 0 aliphatic heterocycles. The maximum absolute atomic E-state index is 10.8. The van der Waals surface area contributed by atoms with E-state index in [-0.39, 0.29) is 12.1 Å². The third-order valence-electron chi connectivity index (χ3n) is 3.33. The lowest BCUT2D eigenvalue weighted by Gasteiger charge is -2.28. The van der Waals surface area contributed by atoms with Gasteiger partial charge in [0.25, 0.3) is 0 Å². The average Bonchev–Trinajstić information content (AvgIpc) is 2.38. The van der Waals surface area contributed by atoms with Crippen LogP contribution in [-0.2, 0) is 9.53 Å². The maximum atomic E-state index is 10.8. The van der Waals surface area contributed by atoms with Crippen LogP contribution in [-0.4, -0.2) is 31.3 Å². The van der Waals surface area contributed by atoms with Crippen molar-refractivity contribution in [2.24, 2.45) is 16.8 Å². The minimum atomic E-state index is -0.285. The second kappa shape index (κ2) is 7.47. The van der Waals surface area contributed by atoms with Gasteiger partial charge in [0.2, 0.25) is 0 Å². The Hall–Kier alpha value is -0.960. The molecule has 102 valence electrons. The number of aliphatic imine (C=N–C) groups is 1. The second-order valence-electron chi connectivity index (χ2n) is 5.30. The van der Waals surface area contributed by atoms with Crippen LogP contribution in [0.5, 0.6) is 0 Å². The highest BCUT2D eigenvalue weighted by Crippen LogP contribution is 2.24. The van der Waals surface area contributed by atoms with Crippen molar-refractivity contribution in [1.29, 1.82) is 0 Å². The van der Waals surface area contributed by atoms with E-state index in [2.05, 4.69) is 31.0 Å². The Morgan fingerprint density at radius 3 is 2.61 bits per heavy atom. The van der Waals surface area contributed by atoms with Crippen molar-refractivity contribution in [2.45, 2.75) is 52.2 Å². The molecule has 0 N–H and O–H groups in total. The van der Waals surface area contributed by atoms with Gasteiger partial charge in [0, 0.05) is 18.7 Å². The van der Waals surface area contributed by atoms with Gasteiger partial charge < -0.3 is 9.53 Å². The summed E-state index contributed by atoms with van der Waals surface area (Å²) in [6.45, 7) is 6.08. The minimum Gasteiger partial charge on any atom is -0.375 e. The van der Waals surface area contributed by atoms with Gasteiger partial charge in [-0.15, -0.1) is 0 Å². The summed E-state index contributed by atoms with van der Waals surface area (Å²) in [5, 5.41) is 0. The monoisotopic (exact) mass is 251 g/mol. The summed E-state index contributed by atoms with van der Waals surface area (Å²) in [5.41, 5.74) is 1.03. The van der Waals surface area contributed by atoms with E-state index in [9.17, 15) is 4.79 Å². The fourth-order valence-electron chi connectivity index (χ4n) is 2.44. The largest absolute Gasteiger partial charge is 0.375 e. The molecule has 18 heavy (non-hydrogen) atoms. The van der Waals surface area contributed by atoms with Gasteiger partial charge in [0.1, 0.15) is 12.3 Å². The molecule has 3 atom stereocenters. The van der Waals surface area contributed by atoms with E-state index in [4.69, 9.17) is 4.74 Å². The maximum Gasteiger partial charge on any atom is 0.144 e. The fraction of sp³-hybridized carbons (Fsp3) is 0.733. The quantitative estimate of drug-likeness (QED) is 0.413. The predicted molar refractivity (Wildman–Crippen MR) is 75.1 cm³/mol. The van der Waals surface area contributed by atoms with Crippen LogP contribution in [0.1, 0.15) is 40.0 Å². The number of carbonyl (C=O) groups is 1. The Bertz CT molecular complexity index is 320. The summed E-state index contributed by atoms with van der Waals surface area (Å²) >= 11 is 0. The van der Waals surface area contributed by atoms with Gasteiger partial charge >= 0.3 is 0 Å². The fourth-order valence-corrected chi connectivity index (χ4v) is 2.44. The lowest BCUT2D eigenvalue weighted by molar-refractivity contribution is -0.108. The van der Waals surface area contributed by atoms with Gasteiger partial charge in [0.15, 0.2) is 0 Å². The predicted octanol–water partition coefficient (Wildman–Crippen LogP) is 3.04. The smallest absolute Gasteiger partial charge is 0.144 e. The highest BCUT2D eigenvalue weighted by Gasteiger charge is 2.26. The molecule has 0 spiro atoms. The molecular weight excluding hydrogens is 226 g/mol. The Labute approximate surface area is 110 Å². The highest BCUT2D eigenvalue weighted by atomic mass is 16.5. The Morgan fingerprint density at radius 1 is 1.44 bits per heavy atom. The molecule has 1 aliphatic rings. The molecule has 0 aromatic carbocycles. The highest BCUT2D eigenvalue weighted by molar-refractivity contribution is 5.93. The number of nitrogens with zero attached hydrogens (tertiary/aromatic N) is 1. The molecule has 0 saturated carbocycles. The standard InChI is InChI=1S/C15H25NO2/c1-11(2)15(18-4)14(16-12(3)10-17)13-8-6-5-7-9-13/h6,8,10-13,15H,5,7,9H2,1-4H3. The molecule has 0 amide bonds. The van der Waals surface area contributed by atoms with Gasteiger partial charge in [-0.3, -0.25) is 4.99 Å². The molecule has 3 heteroatoms. The first-order valence-electron chi connectivity index (χ1n) is 6.82. The number of carbonyl (C=O) groups excluding carboxylic acids is 1. The van der Waals surface area contributed by atoms with Crippen molar-refractivity contribution in [1.82, 2.24) is 0 Å². The number of allylic oxidation sites excluding steroid dienone is 2. The van der Waals surface area contributed by atoms with E-state index < -0.39 is 0 Å². The molecule has 0 aromatic heterocycles. The summed E-state index contributed by atoms with van der Waals surface area (Å²) < 4.78 is 5.59. The lowest BCUT2D eigenvalue weighted by atomic mass is 9.85. The summed E-state index contributed by atoms with van der Waals surface area (Å²) in [4.78, 5) is 15.4. The third kappa shape index (κ3) is 4.05. The first-order chi connectivity index (χ1) is 8.60. The van der Waals surface area contributed by atoms with Crippen molar-refractivity contribution in [2.75, 3.05) is 7.11 Å². The van der Waals surface area contributed by atoms with Crippen LogP contribution in [0, 0.1) is 11.8 Å². The van der Waals surface area contributed by atoms with Gasteiger partial charge in [0.05, 0.1) is 6.10 Å². The van der Waals surface area contributed by atoms with E-state index in [1.807, 2.05) is 6.92 Å². The Morgan fingerprint density at radius 2 is 2.17 bits per heavy atom. The summed E-state index contributed by atoms with van der Waals surface area (Å²) in [7, 11) is 1.72. The average molecular weight is 251 g/mol. The third-order valence-corrected chi connectivity index (χ3v) is 3.33. The number of hydrogen-bond acceptors (Lipinski definition) is 3. The molecule has 0 fully saturated rings. The van der Waals surface area contributed by atoms with Crippen LogP contribution >= 0.6 is 0 Å². The van der Waals surface area contributed by atoms with Gasteiger partial charge in [-0.05, 0) is 32.1 Å². The Balaban J connectivity index is 2.99. The zero-order valence-corrected chi connectivity index (χ0v) is 11.9. The second-order valence-corrected chi connectivity index (χ2v) is 5.30. The molecule has 3 unspecified atom stereocenters. The van der Waals surface area contributed by atoms with Crippen LogP contribution in [0.4, 0.5) is 0 Å². The topological polar surface area (TPSA) is 38.7 Å². The first-order valence-corrected chi connectivity index (χ1v) is 6.82. The molecule has 0 radical (unpaired) electrons. The number of hydrogen-bond donors (Lipinski definition) is 0. The zero-order chi connectivity index (χ0) is 13.5. The summed E-state index contributed by atoms with van der Waals surface area (Å²) in [5.74, 6) is 0.691. The molecule has 0 bridgehead atoms. The first kappa shape index (κ1) is 15.1. The molecular formula is C15H25NO2. The molecule has 1 rings (SSSR count). The van der Waals surface area contributed by atoms with Crippen molar-refractivity contribution in [3.8, 4) is 0 Å². The number of methoxy groups -OCH3 is 1. The van der Waals surface area contributed by atoms with Gasteiger partial charge in [-0.2, -0.15) is 0 Å². The molecule has 3 nitrogen and oxygen atoms in total. The lowest BCUT2D eigenvalue weighted by Crippen LogP contribution is -2.35. The van der Waals surface area contributed by atoms with E-state index in [1.165, 1.54) is 6.42 Å². The van der Waals surface area contributed by atoms with E-state index in [1.54, 1.807) is 7.11 Å². The summed E-state index contributed by atoms with van der Waals surface area (Å²) in [6.07, 6.45) is 8.75. The van der Waals surface area contributed by atoms with Crippen LogP contribution < -0.4 is 0 Å². The van der Waals surface area contributed by atoms with Crippen LogP contribution in [0.3, 0.4) is 0 Å². The van der Waals surface area contributed by atoms with Crippen molar-refractivity contribution in [3.63, 3.8) is 0 Å². The summed E-state index contributed by atoms with van der Waals surface area (Å²) in [6, 6.07) is -0.285. The van der Waals surface area contributed by atoms with Crippen LogP contribution in [0.2, 0.25) is 0 Å². The van der Waals surface area contributed by atoms with Crippen molar-refractivity contribution < 1.29 is 9.53 Å². The Kier molecular flexibility index (Phi) is 6.27. The van der Waals surface area contributed by atoms with E-state index in [0.29, 0.717) is 11.8 Å². The van der Waals surface area contributed by atoms with Gasteiger partial charge in [-0.1, -0.05) is 26.0 Å². The number of aldehydes is 1. The number of rotatable bonds is 6.